The fourth-order valence-corrected chi connectivity index (χ4v) is 3.15. The summed E-state index contributed by atoms with van der Waals surface area (Å²) in [6, 6.07) is 0. The minimum absolute atomic E-state index is 0.0174. The number of aliphatic hydroxyl groups is 4. The standard InChI is InChI=1S/C11H13N5O6/c12-9-14-5-3(6(19)15-9)13-2-16(5)7-4(18)11(21)8(20)10(11,1-17)22-7/h2,4,7-8,17-18,20-21H,1H2,(H3,12,14,15,19)/t4-,7+,8?,10+,11+/m0/s1. The van der Waals surface area contributed by atoms with E-state index in [4.69, 9.17) is 10.5 Å². The first-order valence-corrected chi connectivity index (χ1v) is 6.46. The van der Waals surface area contributed by atoms with Gasteiger partial charge in [0.1, 0.15) is 12.2 Å². The van der Waals surface area contributed by atoms with Gasteiger partial charge in [0.25, 0.3) is 5.56 Å². The highest BCUT2D eigenvalue weighted by Crippen LogP contribution is 2.62. The van der Waals surface area contributed by atoms with Crippen LogP contribution in [0.1, 0.15) is 6.23 Å². The molecule has 0 aromatic carbocycles. The highest BCUT2D eigenvalue weighted by Gasteiger charge is 2.87. The number of hydrogen-bond donors (Lipinski definition) is 6. The van der Waals surface area contributed by atoms with E-state index in [9.17, 15) is 25.2 Å². The number of aliphatic hydroxyl groups excluding tert-OH is 3. The van der Waals surface area contributed by atoms with Crippen molar-refractivity contribution in [3.63, 3.8) is 0 Å². The number of nitrogens with two attached hydrogens (primary N) is 1. The van der Waals surface area contributed by atoms with Crippen LogP contribution in [0.4, 0.5) is 5.95 Å². The normalized spacial score (nSPS) is 40.1. The Morgan fingerprint density at radius 1 is 1.50 bits per heavy atom. The third-order valence-corrected chi connectivity index (χ3v) is 4.46. The molecule has 5 atom stereocenters. The van der Waals surface area contributed by atoms with Crippen LogP contribution in [0.25, 0.3) is 11.2 Å². The number of nitrogen functional groups attached to an aromatic ring is 1. The van der Waals surface area contributed by atoms with Gasteiger partial charge in [0.15, 0.2) is 28.6 Å². The van der Waals surface area contributed by atoms with Crippen molar-refractivity contribution in [2.45, 2.75) is 29.6 Å². The van der Waals surface area contributed by atoms with Crippen molar-refractivity contribution < 1.29 is 25.2 Å². The van der Waals surface area contributed by atoms with Crippen molar-refractivity contribution in [3.05, 3.63) is 16.7 Å². The summed E-state index contributed by atoms with van der Waals surface area (Å²) in [5.74, 6) is -0.146. The van der Waals surface area contributed by atoms with E-state index in [1.54, 1.807) is 0 Å². The largest absolute Gasteiger partial charge is 0.393 e. The highest BCUT2D eigenvalue weighted by atomic mass is 16.6. The highest BCUT2D eigenvalue weighted by molar-refractivity contribution is 5.70. The Morgan fingerprint density at radius 3 is 2.86 bits per heavy atom. The smallest absolute Gasteiger partial charge is 0.280 e. The van der Waals surface area contributed by atoms with E-state index in [1.807, 2.05) is 0 Å². The van der Waals surface area contributed by atoms with Gasteiger partial charge in [0.05, 0.1) is 12.9 Å². The number of nitrogens with one attached hydrogen (secondary N) is 1. The number of aromatic amines is 1. The molecule has 2 aromatic rings. The zero-order valence-electron chi connectivity index (χ0n) is 11.0. The first-order chi connectivity index (χ1) is 10.4. The van der Waals surface area contributed by atoms with Gasteiger partial charge >= 0.3 is 0 Å². The molecule has 2 aromatic heterocycles. The first-order valence-electron chi connectivity index (χ1n) is 6.46. The zero-order chi connectivity index (χ0) is 15.9. The summed E-state index contributed by atoms with van der Waals surface area (Å²) in [7, 11) is 0. The van der Waals surface area contributed by atoms with Crippen molar-refractivity contribution >= 4 is 17.1 Å². The molecule has 2 fully saturated rings. The Hall–Kier alpha value is -2.05. The van der Waals surface area contributed by atoms with E-state index in [1.165, 1.54) is 10.9 Å². The van der Waals surface area contributed by atoms with Gasteiger partial charge in [-0.15, -0.1) is 0 Å². The number of nitrogens with zero attached hydrogens (tertiary/aromatic N) is 3. The molecule has 7 N–H and O–H groups in total. The number of fused-ring (bicyclic) bond motifs is 2. The van der Waals surface area contributed by atoms with Gasteiger partial charge in [-0.2, -0.15) is 4.98 Å². The summed E-state index contributed by atoms with van der Waals surface area (Å²) in [4.78, 5) is 21.8. The summed E-state index contributed by atoms with van der Waals surface area (Å²) in [6.07, 6.45) is -2.94. The lowest BCUT2D eigenvalue weighted by molar-refractivity contribution is -0.120. The number of hydrogen-bond acceptors (Lipinski definition) is 9. The number of anilines is 1. The van der Waals surface area contributed by atoms with Crippen LogP contribution in [0.15, 0.2) is 11.1 Å². The van der Waals surface area contributed by atoms with Gasteiger partial charge in [-0.05, 0) is 0 Å². The molecule has 3 heterocycles. The van der Waals surface area contributed by atoms with Crippen LogP contribution in [0.5, 0.6) is 0 Å². The molecule has 22 heavy (non-hydrogen) atoms. The Morgan fingerprint density at radius 2 is 2.23 bits per heavy atom. The molecule has 118 valence electrons. The van der Waals surface area contributed by atoms with Crippen LogP contribution in [0, 0.1) is 0 Å². The number of aromatic nitrogens is 4. The minimum atomic E-state index is -1.99. The zero-order valence-corrected chi connectivity index (χ0v) is 11.0. The number of imidazole rings is 1. The van der Waals surface area contributed by atoms with E-state index in [0.717, 1.165) is 0 Å². The number of H-pyrrole nitrogens is 1. The Bertz CT molecular complexity index is 830. The third-order valence-electron chi connectivity index (χ3n) is 4.46. The lowest BCUT2D eigenvalue weighted by atomic mass is 10.1. The van der Waals surface area contributed by atoms with E-state index in [-0.39, 0.29) is 17.1 Å². The molecule has 11 nitrogen and oxygen atoms in total. The maximum absolute atomic E-state index is 11.7. The van der Waals surface area contributed by atoms with Crippen LogP contribution in [-0.4, -0.2) is 70.0 Å². The fourth-order valence-electron chi connectivity index (χ4n) is 3.15. The molecule has 0 bridgehead atoms. The second kappa shape index (κ2) is 3.83. The molecule has 1 aliphatic carbocycles. The molecule has 0 amide bonds. The first kappa shape index (κ1) is 13.6. The van der Waals surface area contributed by atoms with Crippen LogP contribution in [0.3, 0.4) is 0 Å². The Kier molecular flexibility index (Phi) is 2.37. The molecule has 1 saturated heterocycles. The van der Waals surface area contributed by atoms with E-state index in [2.05, 4.69) is 15.0 Å². The predicted molar refractivity (Wildman–Crippen MR) is 69.5 cm³/mol. The summed E-state index contributed by atoms with van der Waals surface area (Å²) in [5, 5.41) is 39.6. The molecule has 4 rings (SSSR count). The third kappa shape index (κ3) is 1.26. The van der Waals surface area contributed by atoms with Gasteiger partial charge in [-0.3, -0.25) is 14.3 Å². The van der Waals surface area contributed by atoms with Gasteiger partial charge in [0.2, 0.25) is 5.95 Å². The molecule has 1 aliphatic heterocycles. The lowest BCUT2D eigenvalue weighted by Crippen LogP contribution is -2.36. The van der Waals surface area contributed by atoms with Crippen molar-refractivity contribution in [2.24, 2.45) is 0 Å². The lowest BCUT2D eigenvalue weighted by Gasteiger charge is -2.22. The van der Waals surface area contributed by atoms with Crippen molar-refractivity contribution in [1.29, 1.82) is 0 Å². The molecule has 0 spiro atoms. The molecular formula is C11H13N5O6. The Balaban J connectivity index is 1.84. The average Bonchev–Trinajstić information content (AvgIpc) is 2.81. The van der Waals surface area contributed by atoms with Crippen molar-refractivity contribution in [2.75, 3.05) is 12.3 Å². The summed E-state index contributed by atoms with van der Waals surface area (Å²) in [5.41, 5.74) is 1.30. The van der Waals surface area contributed by atoms with Crippen LogP contribution >= 0.6 is 0 Å². The van der Waals surface area contributed by atoms with E-state index >= 15 is 0 Å². The SMILES string of the molecule is Nc1nc2c(ncn2[C@@H]2O[C@]3(CO)C(O)[C@]3(O)[C@H]2O)c(=O)[nH]1. The summed E-state index contributed by atoms with van der Waals surface area (Å²) < 4.78 is 6.68. The maximum Gasteiger partial charge on any atom is 0.280 e. The molecular weight excluding hydrogens is 298 g/mol. The van der Waals surface area contributed by atoms with Crippen LogP contribution < -0.4 is 11.3 Å². The van der Waals surface area contributed by atoms with Crippen molar-refractivity contribution in [3.8, 4) is 0 Å². The van der Waals surface area contributed by atoms with E-state index in [0.29, 0.717) is 0 Å². The van der Waals surface area contributed by atoms with Gasteiger partial charge in [-0.25, -0.2) is 4.98 Å². The van der Waals surface area contributed by atoms with Gasteiger partial charge in [-0.1, -0.05) is 0 Å². The van der Waals surface area contributed by atoms with Crippen LogP contribution in [0.2, 0.25) is 0 Å². The molecule has 11 heteroatoms. The molecule has 2 aliphatic rings. The van der Waals surface area contributed by atoms with Crippen LogP contribution in [-0.2, 0) is 4.74 Å². The monoisotopic (exact) mass is 311 g/mol. The second-order valence-electron chi connectivity index (χ2n) is 5.50. The summed E-state index contributed by atoms with van der Waals surface area (Å²) >= 11 is 0. The molecule has 1 saturated carbocycles. The maximum atomic E-state index is 11.7. The molecule has 1 unspecified atom stereocenters. The summed E-state index contributed by atoms with van der Waals surface area (Å²) in [6.45, 7) is -0.680. The average molecular weight is 311 g/mol. The Labute approximate surface area is 121 Å². The predicted octanol–water partition coefficient (Wildman–Crippen LogP) is -3.57. The minimum Gasteiger partial charge on any atom is -0.393 e. The second-order valence-corrected chi connectivity index (χ2v) is 5.50. The fraction of sp³-hybridized carbons (Fsp3) is 0.545. The van der Waals surface area contributed by atoms with Gasteiger partial charge < -0.3 is 30.9 Å². The topological polar surface area (TPSA) is 180 Å². The van der Waals surface area contributed by atoms with E-state index < -0.39 is 41.8 Å². The number of ether oxygens (including phenoxy) is 1. The van der Waals surface area contributed by atoms with Crippen molar-refractivity contribution in [1.82, 2.24) is 19.5 Å². The quantitative estimate of drug-likeness (QED) is 0.327. The van der Waals surface area contributed by atoms with Gasteiger partial charge in [0, 0.05) is 0 Å². The molecule has 0 radical (unpaired) electrons. The number of rotatable bonds is 2.